The summed E-state index contributed by atoms with van der Waals surface area (Å²) in [6.07, 6.45) is 19.7. The number of amides is 1. The molecule has 8 fully saturated rings. The minimum Gasteiger partial charge on any atom is -0.481 e. The summed E-state index contributed by atoms with van der Waals surface area (Å²) in [6, 6.07) is 0. The first-order chi connectivity index (χ1) is 31.9. The number of nitrogens with zero attached hydrogens (tertiary/aromatic N) is 1. The highest BCUT2D eigenvalue weighted by molar-refractivity contribution is 5.81. The number of hydrogen-bond acceptors (Lipinski definition) is 9. The van der Waals surface area contributed by atoms with Gasteiger partial charge in [0.25, 0.3) is 0 Å². The molecule has 0 heterocycles. The maximum absolute atomic E-state index is 12.4. The number of aliphatic hydroxyl groups is 4. The van der Waals surface area contributed by atoms with E-state index in [4.69, 9.17) is 10.2 Å². The fraction of sp³-hybridized carbons (Fsp3) is 0.929. The van der Waals surface area contributed by atoms with Crippen molar-refractivity contribution >= 4 is 23.8 Å². The van der Waals surface area contributed by atoms with Crippen LogP contribution in [0.25, 0.3) is 0 Å². The molecular weight excluding hydrogens is 863 g/mol. The number of aliphatic hydroxyl groups excluding tert-OH is 4. The Morgan fingerprint density at radius 3 is 1.37 bits per heavy atom. The third kappa shape index (κ3) is 11.0. The zero-order valence-corrected chi connectivity index (χ0v) is 43.7. The van der Waals surface area contributed by atoms with E-state index < -0.39 is 11.9 Å². The number of carbonyl (C=O) groups excluding carboxylic acids is 2. The lowest BCUT2D eigenvalue weighted by Gasteiger charge is -2.62. The van der Waals surface area contributed by atoms with Crippen molar-refractivity contribution in [3.05, 3.63) is 0 Å². The second-order valence-corrected chi connectivity index (χ2v) is 25.3. The zero-order chi connectivity index (χ0) is 50.1. The van der Waals surface area contributed by atoms with Crippen LogP contribution in [0, 0.1) is 92.7 Å². The van der Waals surface area contributed by atoms with Gasteiger partial charge in [-0.05, 0) is 215 Å². The van der Waals surface area contributed by atoms with Crippen LogP contribution in [0.2, 0.25) is 0 Å². The normalized spacial score (nSPS) is 44.2. The topological polar surface area (TPSA) is 202 Å². The Labute approximate surface area is 409 Å². The van der Waals surface area contributed by atoms with Gasteiger partial charge in [-0.15, -0.1) is 0 Å². The fourth-order valence-electron chi connectivity index (χ4n) is 18.2. The van der Waals surface area contributed by atoms with E-state index in [1.165, 1.54) is 57.0 Å². The SMILES string of the molecule is CCCC(=O)OC.C[C@H](CCC(=O)N(C)CC(=O)O)[C@H]1CC[C@H]2[C@@H]3[C@H](O)C[C@@H]4C[C@H](O)CC[C@]4(C)[C@H]3CC[C@]12C.C[C@H](CCC(=O)O)[C@H]1CC[C@H]2[C@@H]3[C@H](O)C[C@@H]4C[C@H](O)CC[C@]4(C)[C@H]3CC[C@]12C. The maximum atomic E-state index is 12.4. The van der Waals surface area contributed by atoms with Crippen LogP contribution >= 0.6 is 0 Å². The van der Waals surface area contributed by atoms with Gasteiger partial charge in [0.05, 0.1) is 31.5 Å². The van der Waals surface area contributed by atoms with Gasteiger partial charge >= 0.3 is 17.9 Å². The average Bonchev–Trinajstić information content (AvgIpc) is 3.83. The average molecular weight is 958 g/mol. The minimum atomic E-state index is -0.976. The lowest BCUT2D eigenvalue weighted by atomic mass is 9.43. The smallest absolute Gasteiger partial charge is 0.323 e. The molecule has 0 saturated heterocycles. The Balaban J connectivity index is 0.000000198. The molecule has 68 heavy (non-hydrogen) atoms. The van der Waals surface area contributed by atoms with Gasteiger partial charge < -0.3 is 40.3 Å². The van der Waals surface area contributed by atoms with E-state index in [-0.39, 0.29) is 70.9 Å². The molecule has 20 atom stereocenters. The van der Waals surface area contributed by atoms with E-state index in [9.17, 15) is 39.6 Å². The number of methoxy groups -OCH3 is 1. The second-order valence-electron chi connectivity index (χ2n) is 25.3. The van der Waals surface area contributed by atoms with Gasteiger partial charge in [0, 0.05) is 26.3 Å². The van der Waals surface area contributed by atoms with Crippen LogP contribution in [0.3, 0.4) is 0 Å². The molecule has 0 radical (unpaired) electrons. The molecule has 0 bridgehead atoms. The fourth-order valence-corrected chi connectivity index (χ4v) is 18.2. The largest absolute Gasteiger partial charge is 0.481 e. The van der Waals surface area contributed by atoms with Crippen molar-refractivity contribution in [1.82, 2.24) is 4.90 Å². The zero-order valence-electron chi connectivity index (χ0n) is 43.7. The van der Waals surface area contributed by atoms with Crippen molar-refractivity contribution in [2.45, 2.75) is 214 Å². The molecule has 12 heteroatoms. The van der Waals surface area contributed by atoms with E-state index in [1.807, 2.05) is 6.92 Å². The summed E-state index contributed by atoms with van der Waals surface area (Å²) in [5.74, 6) is 4.01. The molecule has 390 valence electrons. The van der Waals surface area contributed by atoms with Crippen LogP contribution in [0.4, 0.5) is 0 Å². The number of carboxylic acid groups (broad SMARTS) is 2. The molecule has 0 aromatic carbocycles. The van der Waals surface area contributed by atoms with Crippen LogP contribution in [-0.2, 0) is 23.9 Å². The Kier molecular flexibility index (Phi) is 18.0. The van der Waals surface area contributed by atoms with Gasteiger partial charge in [0.1, 0.15) is 6.54 Å². The first-order valence-corrected chi connectivity index (χ1v) is 27.4. The van der Waals surface area contributed by atoms with E-state index >= 15 is 0 Å². The summed E-state index contributed by atoms with van der Waals surface area (Å²) in [7, 11) is 2.97. The number of hydrogen-bond donors (Lipinski definition) is 6. The third-order valence-electron chi connectivity index (χ3n) is 21.9. The summed E-state index contributed by atoms with van der Waals surface area (Å²) in [4.78, 5) is 45.9. The number of carboxylic acids is 2. The van der Waals surface area contributed by atoms with Crippen LogP contribution in [0.5, 0.6) is 0 Å². The second kappa shape index (κ2) is 22.2. The summed E-state index contributed by atoms with van der Waals surface area (Å²) in [5, 5.41) is 61.1. The predicted octanol–water partition coefficient (Wildman–Crippen LogP) is 9.37. The van der Waals surface area contributed by atoms with Crippen molar-refractivity contribution in [3.63, 3.8) is 0 Å². The molecular formula is C56H95NO11. The number of esters is 1. The molecule has 1 amide bonds. The highest BCUT2D eigenvalue weighted by Gasteiger charge is 2.64. The number of aliphatic carboxylic acids is 2. The molecule has 6 N–H and O–H groups in total. The van der Waals surface area contributed by atoms with Gasteiger partial charge in [0.2, 0.25) is 5.91 Å². The Hall–Kier alpha value is -2.28. The lowest BCUT2D eigenvalue weighted by molar-refractivity contribution is -0.174. The predicted molar refractivity (Wildman–Crippen MR) is 262 cm³/mol. The first-order valence-electron chi connectivity index (χ1n) is 27.4. The molecule has 0 unspecified atom stereocenters. The van der Waals surface area contributed by atoms with Gasteiger partial charge in [-0.3, -0.25) is 19.2 Å². The van der Waals surface area contributed by atoms with Crippen molar-refractivity contribution in [1.29, 1.82) is 0 Å². The Morgan fingerprint density at radius 1 is 0.574 bits per heavy atom. The molecule has 0 aromatic heterocycles. The van der Waals surface area contributed by atoms with Crippen molar-refractivity contribution in [2.75, 3.05) is 20.7 Å². The van der Waals surface area contributed by atoms with E-state index in [0.29, 0.717) is 83.9 Å². The van der Waals surface area contributed by atoms with E-state index in [2.05, 4.69) is 46.3 Å². The Bertz CT molecular complexity index is 1740. The Morgan fingerprint density at radius 2 is 0.985 bits per heavy atom. The quantitative estimate of drug-likeness (QED) is 0.102. The summed E-state index contributed by atoms with van der Waals surface area (Å²) in [6.45, 7) is 16.0. The van der Waals surface area contributed by atoms with Gasteiger partial charge in [0.15, 0.2) is 0 Å². The monoisotopic (exact) mass is 958 g/mol. The summed E-state index contributed by atoms with van der Waals surface area (Å²) >= 11 is 0. The van der Waals surface area contributed by atoms with Crippen LogP contribution in [0.1, 0.15) is 190 Å². The van der Waals surface area contributed by atoms with Gasteiger partial charge in [-0.2, -0.15) is 0 Å². The van der Waals surface area contributed by atoms with Crippen LogP contribution < -0.4 is 0 Å². The van der Waals surface area contributed by atoms with Crippen LogP contribution in [0.15, 0.2) is 0 Å². The number of rotatable bonds is 12. The third-order valence-corrected chi connectivity index (χ3v) is 21.9. The summed E-state index contributed by atoms with van der Waals surface area (Å²) < 4.78 is 4.35. The standard InChI is InChI=1S/C27H45NO5.C24H40O4.C5H10O2/c1-16(5-8-23(31)28(4)15-24(32)33)19-6-7-20-25-21(10-12-27(19,20)3)26(2)11-9-18(29)13-17(26)14-22(25)30;1-14(4-7-21(27)28)17-5-6-18-22-19(9-11-24(17,18)3)23(2)10-8-16(25)12-15(23)13-20(22)26;1-3-4-5(6)7-2/h16-22,25,29-30H,5-15H2,1-4H3,(H,32,33);14-20,22,25-26H,4-13H2,1-3H3,(H,27,28);3-4H2,1-2H3/t16-,17+,18-,19-,20+,21+,22-,25+,26+,27-;14-,15+,16-,17-,18+,19+,20-,22+,23+,24-;/m11./s1. The molecule has 12 nitrogen and oxygen atoms in total. The van der Waals surface area contributed by atoms with Gasteiger partial charge in [-0.25, -0.2) is 0 Å². The van der Waals surface area contributed by atoms with Crippen molar-refractivity contribution in [2.24, 2.45) is 92.7 Å². The molecule has 0 aromatic rings. The molecule has 8 rings (SSSR count). The highest BCUT2D eigenvalue weighted by atomic mass is 16.5. The maximum Gasteiger partial charge on any atom is 0.323 e. The number of likely N-dealkylation sites (N-methyl/N-ethyl adjacent to an activating group) is 1. The highest BCUT2D eigenvalue weighted by Crippen LogP contribution is 2.70. The minimum absolute atomic E-state index is 0.0891. The van der Waals surface area contributed by atoms with Crippen LogP contribution in [-0.4, -0.2) is 104 Å². The van der Waals surface area contributed by atoms with E-state index in [0.717, 1.165) is 77.0 Å². The molecule has 8 saturated carbocycles. The number of ether oxygens (including phenoxy) is 1. The molecule has 0 aliphatic heterocycles. The van der Waals surface area contributed by atoms with Crippen molar-refractivity contribution in [3.8, 4) is 0 Å². The summed E-state index contributed by atoms with van der Waals surface area (Å²) in [5.41, 5.74) is 0.971. The van der Waals surface area contributed by atoms with E-state index in [1.54, 1.807) is 7.05 Å². The molecule has 0 spiro atoms. The lowest BCUT2D eigenvalue weighted by Crippen LogP contribution is -2.58. The number of carbonyl (C=O) groups is 4. The van der Waals surface area contributed by atoms with Gasteiger partial charge in [-0.1, -0.05) is 48.5 Å². The van der Waals surface area contributed by atoms with Crippen molar-refractivity contribution < 1.29 is 54.6 Å². The number of fused-ring (bicyclic) bond motifs is 10. The first kappa shape index (κ1) is 55.0. The molecule has 8 aliphatic carbocycles. The molecule has 8 aliphatic rings.